The van der Waals surface area contributed by atoms with Crippen molar-refractivity contribution in [2.75, 3.05) is 13.7 Å². The number of nitrogens with zero attached hydrogens (tertiary/aromatic N) is 7. The number of carbonyl (C=O) groups is 3. The molecule has 0 N–H and O–H groups in total. The predicted octanol–water partition coefficient (Wildman–Crippen LogP) is 5.14. The minimum absolute atomic E-state index is 0.194. The molecule has 44 heavy (non-hydrogen) atoms. The number of allylic oxidation sites excluding steroid dienone is 1. The maximum Gasteiger partial charge on any atom is 0.330 e. The smallest absolute Gasteiger partial charge is 0.330 e. The van der Waals surface area contributed by atoms with Crippen LogP contribution < -0.4 is 0 Å². The number of methoxy groups -OCH3 is 1. The maximum atomic E-state index is 12.4. The molecule has 6 rings (SSSR count). The molecule has 0 saturated heterocycles. The van der Waals surface area contributed by atoms with Crippen LogP contribution in [0, 0.1) is 0 Å². The largest absolute Gasteiger partial charge is 0.466 e. The van der Waals surface area contributed by atoms with E-state index in [9.17, 15) is 14.4 Å². The molecule has 5 heterocycles. The SMILES string of the molecule is CC(C)(CCCN1C(=O)c2ccccc2C1=O)n1cnc2ncccc21.COC(=O)/C=C/C(C)(C)n1cnc2ncccc21. The van der Waals surface area contributed by atoms with Gasteiger partial charge in [-0.15, -0.1) is 0 Å². The number of imidazole rings is 2. The van der Waals surface area contributed by atoms with Crippen LogP contribution in [0.1, 0.15) is 61.3 Å². The number of hydrogen-bond donors (Lipinski definition) is 0. The Bertz CT molecular complexity index is 1830. The quantitative estimate of drug-likeness (QED) is 0.138. The van der Waals surface area contributed by atoms with E-state index in [-0.39, 0.29) is 28.9 Å². The molecule has 0 atom stereocenters. The third-order valence-corrected chi connectivity index (χ3v) is 7.79. The third kappa shape index (κ3) is 5.98. The lowest BCUT2D eigenvalue weighted by molar-refractivity contribution is -0.134. The standard InChI is InChI=1S/C20H20N4O2.C13H15N3O2/c1-20(2,24-13-22-17-16(24)9-5-11-21-17)10-6-12-23-18(25)14-7-3-4-8-15(14)19(23)26;1-13(2,7-6-11(17)18-3)16-9-15-12-10(16)5-4-8-14-12/h3-5,7-9,11,13H,6,10,12H2,1-2H3;4-9H,1-3H3/b;7-6+. The van der Waals surface area contributed by atoms with Crippen molar-refractivity contribution in [1.82, 2.24) is 34.0 Å². The van der Waals surface area contributed by atoms with E-state index in [1.807, 2.05) is 42.7 Å². The first kappa shape index (κ1) is 30.3. The molecule has 0 fully saturated rings. The number of hydrogen-bond acceptors (Lipinski definition) is 8. The monoisotopic (exact) mass is 593 g/mol. The van der Waals surface area contributed by atoms with Gasteiger partial charge in [0.05, 0.1) is 47.5 Å². The lowest BCUT2D eigenvalue weighted by Gasteiger charge is -2.28. The number of esters is 1. The second kappa shape index (κ2) is 12.2. The van der Waals surface area contributed by atoms with Crippen molar-refractivity contribution in [2.45, 2.75) is 51.6 Å². The van der Waals surface area contributed by atoms with Crippen molar-refractivity contribution >= 4 is 40.1 Å². The van der Waals surface area contributed by atoms with Crippen molar-refractivity contribution in [3.63, 3.8) is 0 Å². The summed E-state index contributed by atoms with van der Waals surface area (Å²) in [4.78, 5) is 54.4. The first-order valence-electron chi connectivity index (χ1n) is 14.3. The van der Waals surface area contributed by atoms with Crippen LogP contribution >= 0.6 is 0 Å². The average molecular weight is 594 g/mol. The molecule has 0 saturated carbocycles. The summed E-state index contributed by atoms with van der Waals surface area (Å²) < 4.78 is 8.66. The van der Waals surface area contributed by atoms with Gasteiger partial charge in [0, 0.05) is 30.6 Å². The molecule has 1 aromatic carbocycles. The van der Waals surface area contributed by atoms with Gasteiger partial charge >= 0.3 is 5.97 Å². The maximum absolute atomic E-state index is 12.4. The van der Waals surface area contributed by atoms with Crippen LogP contribution in [0.3, 0.4) is 0 Å². The number of aromatic nitrogens is 6. The fourth-order valence-corrected chi connectivity index (χ4v) is 5.30. The van der Waals surface area contributed by atoms with Gasteiger partial charge in [-0.1, -0.05) is 18.2 Å². The Morgan fingerprint density at radius 3 is 1.91 bits per heavy atom. The molecule has 0 radical (unpaired) electrons. The van der Waals surface area contributed by atoms with E-state index in [4.69, 9.17) is 0 Å². The van der Waals surface area contributed by atoms with E-state index in [0.29, 0.717) is 23.3 Å². The van der Waals surface area contributed by atoms with E-state index in [1.54, 1.807) is 55.4 Å². The summed E-state index contributed by atoms with van der Waals surface area (Å²) in [5.74, 6) is -0.757. The molecule has 11 heteroatoms. The van der Waals surface area contributed by atoms with E-state index in [0.717, 1.165) is 29.5 Å². The van der Waals surface area contributed by atoms with Gasteiger partial charge in [0.25, 0.3) is 11.8 Å². The summed E-state index contributed by atoms with van der Waals surface area (Å²) in [7, 11) is 1.36. The molecule has 226 valence electrons. The Balaban J connectivity index is 0.000000187. The normalized spacial score (nSPS) is 13.4. The zero-order valence-electron chi connectivity index (χ0n) is 25.5. The van der Waals surface area contributed by atoms with E-state index in [1.165, 1.54) is 18.1 Å². The van der Waals surface area contributed by atoms with Crippen LogP contribution in [0.5, 0.6) is 0 Å². The average Bonchev–Trinajstić information content (AvgIpc) is 3.73. The van der Waals surface area contributed by atoms with Gasteiger partial charge in [0.1, 0.15) is 0 Å². The van der Waals surface area contributed by atoms with E-state index < -0.39 is 0 Å². The summed E-state index contributed by atoms with van der Waals surface area (Å²) in [5, 5.41) is 0. The molecule has 2 amide bonds. The van der Waals surface area contributed by atoms with Gasteiger partial charge in [-0.2, -0.15) is 0 Å². The topological polar surface area (TPSA) is 125 Å². The number of fused-ring (bicyclic) bond motifs is 3. The minimum atomic E-state index is -0.383. The number of benzene rings is 1. The second-order valence-corrected chi connectivity index (χ2v) is 11.7. The first-order valence-corrected chi connectivity index (χ1v) is 14.3. The van der Waals surface area contributed by atoms with Crippen molar-refractivity contribution in [1.29, 1.82) is 0 Å². The van der Waals surface area contributed by atoms with Crippen molar-refractivity contribution in [2.24, 2.45) is 0 Å². The summed E-state index contributed by atoms with van der Waals surface area (Å²) in [5.41, 5.74) is 3.75. The number of ether oxygens (including phenoxy) is 1. The van der Waals surface area contributed by atoms with Gasteiger partial charge in [-0.3, -0.25) is 14.5 Å². The number of imide groups is 1. The van der Waals surface area contributed by atoms with Crippen LogP contribution in [-0.4, -0.2) is 65.4 Å². The summed E-state index contributed by atoms with van der Waals surface area (Å²) in [6, 6.07) is 14.7. The Morgan fingerprint density at radius 2 is 1.34 bits per heavy atom. The molecule has 4 aromatic heterocycles. The van der Waals surface area contributed by atoms with Crippen LogP contribution in [0.2, 0.25) is 0 Å². The lowest BCUT2D eigenvalue weighted by Crippen LogP contribution is -2.33. The molecule has 11 nitrogen and oxygen atoms in total. The van der Waals surface area contributed by atoms with Gasteiger partial charge in [0.15, 0.2) is 11.3 Å². The van der Waals surface area contributed by atoms with Crippen LogP contribution in [0.25, 0.3) is 22.3 Å². The minimum Gasteiger partial charge on any atom is -0.466 e. The molecule has 1 aliphatic rings. The summed E-state index contributed by atoms with van der Waals surface area (Å²) in [6.07, 6.45) is 11.7. The molecule has 1 aliphatic heterocycles. The van der Waals surface area contributed by atoms with Gasteiger partial charge < -0.3 is 13.9 Å². The highest BCUT2D eigenvalue weighted by molar-refractivity contribution is 6.21. The van der Waals surface area contributed by atoms with E-state index >= 15 is 0 Å². The molecular formula is C33H35N7O4. The Morgan fingerprint density at radius 1 is 0.795 bits per heavy atom. The van der Waals surface area contributed by atoms with Crippen LogP contribution in [0.15, 0.2) is 85.7 Å². The fraction of sp³-hybridized carbons (Fsp3) is 0.303. The Hall–Kier alpha value is -5.19. The number of rotatable bonds is 8. The summed E-state index contributed by atoms with van der Waals surface area (Å²) in [6.45, 7) is 8.65. The Kier molecular flexibility index (Phi) is 8.39. The van der Waals surface area contributed by atoms with Crippen LogP contribution in [0.4, 0.5) is 0 Å². The highest BCUT2D eigenvalue weighted by atomic mass is 16.5. The van der Waals surface area contributed by atoms with Gasteiger partial charge in [0.2, 0.25) is 0 Å². The lowest BCUT2D eigenvalue weighted by atomic mass is 9.97. The van der Waals surface area contributed by atoms with Crippen LogP contribution in [-0.2, 0) is 20.6 Å². The molecule has 0 unspecified atom stereocenters. The zero-order valence-corrected chi connectivity index (χ0v) is 25.5. The fourth-order valence-electron chi connectivity index (χ4n) is 5.30. The van der Waals surface area contributed by atoms with Crippen molar-refractivity contribution < 1.29 is 19.1 Å². The third-order valence-electron chi connectivity index (χ3n) is 7.79. The van der Waals surface area contributed by atoms with Gasteiger partial charge in [-0.05, 0) is 76.9 Å². The number of carbonyl (C=O) groups excluding carboxylic acids is 3. The first-order chi connectivity index (χ1) is 21.0. The molecule has 5 aromatic rings. The second-order valence-electron chi connectivity index (χ2n) is 11.7. The van der Waals surface area contributed by atoms with Crippen molar-refractivity contribution in [3.8, 4) is 0 Å². The zero-order chi connectivity index (χ0) is 31.5. The van der Waals surface area contributed by atoms with E-state index in [2.05, 4.69) is 43.1 Å². The van der Waals surface area contributed by atoms with Gasteiger partial charge in [-0.25, -0.2) is 24.7 Å². The Labute approximate surface area is 255 Å². The molecular weight excluding hydrogens is 558 g/mol. The predicted molar refractivity (Wildman–Crippen MR) is 166 cm³/mol. The van der Waals surface area contributed by atoms with Crippen molar-refractivity contribution in [3.05, 3.63) is 96.9 Å². The molecule has 0 aliphatic carbocycles. The number of pyridine rings is 2. The number of amides is 2. The highest BCUT2D eigenvalue weighted by Gasteiger charge is 2.35. The molecule has 0 spiro atoms. The highest BCUT2D eigenvalue weighted by Crippen LogP contribution is 2.28. The molecule has 0 bridgehead atoms. The summed E-state index contributed by atoms with van der Waals surface area (Å²) >= 11 is 0.